The van der Waals surface area contributed by atoms with E-state index in [4.69, 9.17) is 4.99 Å². The van der Waals surface area contributed by atoms with Crippen molar-refractivity contribution >= 4 is 11.4 Å². The van der Waals surface area contributed by atoms with Gasteiger partial charge in [-0.05, 0) is 12.1 Å². The zero-order chi connectivity index (χ0) is 17.2. The van der Waals surface area contributed by atoms with Gasteiger partial charge in [-0.25, -0.2) is 0 Å². The van der Waals surface area contributed by atoms with Gasteiger partial charge in [-0.2, -0.15) is 0 Å². The van der Waals surface area contributed by atoms with Gasteiger partial charge in [-0.15, -0.1) is 0 Å². The Labute approximate surface area is 148 Å². The maximum atomic E-state index is 10.1. The molecule has 2 unspecified atom stereocenters. The monoisotopic (exact) mass is 333 g/mol. The van der Waals surface area contributed by atoms with Gasteiger partial charge in [0.05, 0.1) is 18.3 Å². The molecule has 4 nitrogen and oxygen atoms in total. The van der Waals surface area contributed by atoms with E-state index in [9.17, 15) is 5.11 Å². The molecule has 0 aliphatic carbocycles. The third kappa shape index (κ3) is 2.99. The number of aliphatic hydroxyl groups is 1. The molecule has 128 valence electrons. The lowest BCUT2D eigenvalue weighted by molar-refractivity contribution is 0.0290. The summed E-state index contributed by atoms with van der Waals surface area (Å²) in [6, 6.07) is 19.2. The maximum Gasteiger partial charge on any atom is 0.126 e. The third-order valence-electron chi connectivity index (χ3n) is 5.08. The predicted octanol–water partition coefficient (Wildman–Crippen LogP) is 2.53. The molecule has 0 saturated carbocycles. The number of rotatable bonds is 3. The summed E-state index contributed by atoms with van der Waals surface area (Å²) < 4.78 is 0. The van der Waals surface area contributed by atoms with E-state index >= 15 is 0 Å². The van der Waals surface area contributed by atoms with Crippen molar-refractivity contribution in [1.82, 2.24) is 4.90 Å². The average molecular weight is 333 g/mol. The zero-order valence-corrected chi connectivity index (χ0v) is 14.3. The van der Waals surface area contributed by atoms with Crippen molar-refractivity contribution in [1.29, 1.82) is 0 Å². The zero-order valence-electron chi connectivity index (χ0n) is 14.3. The molecule has 0 bridgehead atoms. The van der Waals surface area contributed by atoms with E-state index in [1.807, 2.05) is 6.07 Å². The first-order valence-corrected chi connectivity index (χ1v) is 8.78. The van der Waals surface area contributed by atoms with E-state index < -0.39 is 6.23 Å². The molecule has 2 aromatic rings. The molecule has 1 saturated heterocycles. The summed E-state index contributed by atoms with van der Waals surface area (Å²) in [7, 11) is 0. The Morgan fingerprint density at radius 2 is 1.84 bits per heavy atom. The number of anilines is 1. The van der Waals surface area contributed by atoms with Crippen LogP contribution < -0.4 is 4.90 Å². The number of hydrogen-bond acceptors (Lipinski definition) is 4. The number of para-hydroxylation sites is 1. The third-order valence-corrected chi connectivity index (χ3v) is 5.08. The van der Waals surface area contributed by atoms with Crippen molar-refractivity contribution in [2.45, 2.75) is 12.3 Å². The number of aliphatic hydroxyl groups excluding tert-OH is 1. The van der Waals surface area contributed by atoms with Crippen LogP contribution in [0.2, 0.25) is 0 Å². The lowest BCUT2D eigenvalue weighted by Gasteiger charge is -2.43. The molecular formula is C21H23N3O. The molecule has 0 amide bonds. The number of piperazine rings is 1. The number of nitrogens with zero attached hydrogens (tertiary/aromatic N) is 3. The van der Waals surface area contributed by atoms with Crippen LogP contribution in [-0.4, -0.2) is 54.2 Å². The fourth-order valence-corrected chi connectivity index (χ4v) is 3.79. The highest BCUT2D eigenvalue weighted by Gasteiger charge is 2.32. The molecule has 4 rings (SSSR count). The van der Waals surface area contributed by atoms with Crippen LogP contribution in [0.3, 0.4) is 0 Å². The Balaban J connectivity index is 1.73. The van der Waals surface area contributed by atoms with Crippen molar-refractivity contribution in [2.75, 3.05) is 31.1 Å². The van der Waals surface area contributed by atoms with Crippen LogP contribution in [0.4, 0.5) is 5.69 Å². The summed E-state index contributed by atoms with van der Waals surface area (Å²) in [6.45, 7) is 6.92. The Hall–Kier alpha value is -2.43. The number of aliphatic imine (C=N–C) groups is 1. The van der Waals surface area contributed by atoms with Gasteiger partial charge >= 0.3 is 0 Å². The second-order valence-electron chi connectivity index (χ2n) is 6.56. The Bertz CT molecular complexity index is 787. The molecule has 0 radical (unpaired) electrons. The minimum absolute atomic E-state index is 0.255. The van der Waals surface area contributed by atoms with Gasteiger partial charge < -0.3 is 10.0 Å². The molecule has 1 N–H and O–H groups in total. The topological polar surface area (TPSA) is 39.1 Å². The van der Waals surface area contributed by atoms with Crippen LogP contribution in [0, 0.1) is 0 Å². The largest absolute Gasteiger partial charge is 0.375 e. The van der Waals surface area contributed by atoms with E-state index in [1.165, 1.54) is 11.3 Å². The molecule has 2 aliphatic heterocycles. The molecular weight excluding hydrogens is 310 g/mol. The average Bonchev–Trinajstić information content (AvgIpc) is 2.84. The van der Waals surface area contributed by atoms with Crippen molar-refractivity contribution in [3.05, 3.63) is 78.4 Å². The molecule has 4 heteroatoms. The van der Waals surface area contributed by atoms with E-state index in [2.05, 4.69) is 64.9 Å². The summed E-state index contributed by atoms with van der Waals surface area (Å²) in [5, 5.41) is 10.1. The summed E-state index contributed by atoms with van der Waals surface area (Å²) in [6.07, 6.45) is 1.01. The van der Waals surface area contributed by atoms with Crippen LogP contribution >= 0.6 is 0 Å². The van der Waals surface area contributed by atoms with E-state index in [-0.39, 0.29) is 6.04 Å². The SMILES string of the molecule is C=CC(O)N1CCN2c3ccccc3C(c3ccccc3)=NCC2C1. The second-order valence-corrected chi connectivity index (χ2v) is 6.56. The standard InChI is InChI=1S/C21H23N3O/c1-2-20(25)23-12-13-24-17(15-23)14-22-21(16-8-4-3-5-9-16)18-10-6-7-11-19(18)24/h2-11,17,20,25H,1,12-15H2. The summed E-state index contributed by atoms with van der Waals surface area (Å²) >= 11 is 0. The first-order chi connectivity index (χ1) is 12.3. The second kappa shape index (κ2) is 6.82. The van der Waals surface area contributed by atoms with Gasteiger partial charge in [0.25, 0.3) is 0 Å². The Morgan fingerprint density at radius 1 is 1.08 bits per heavy atom. The quantitative estimate of drug-likeness (QED) is 0.878. The van der Waals surface area contributed by atoms with Crippen molar-refractivity contribution in [2.24, 2.45) is 4.99 Å². The Morgan fingerprint density at radius 3 is 2.64 bits per heavy atom. The van der Waals surface area contributed by atoms with Gasteiger partial charge in [-0.3, -0.25) is 9.89 Å². The van der Waals surface area contributed by atoms with E-state index in [0.29, 0.717) is 0 Å². The minimum atomic E-state index is -0.585. The lowest BCUT2D eigenvalue weighted by Crippen LogP contribution is -2.56. The van der Waals surface area contributed by atoms with Gasteiger partial charge in [0, 0.05) is 36.4 Å². The first-order valence-electron chi connectivity index (χ1n) is 8.78. The number of fused-ring (bicyclic) bond motifs is 3. The minimum Gasteiger partial charge on any atom is -0.375 e. The number of benzene rings is 2. The smallest absolute Gasteiger partial charge is 0.126 e. The van der Waals surface area contributed by atoms with Crippen LogP contribution in [0.1, 0.15) is 11.1 Å². The Kier molecular flexibility index (Phi) is 4.38. The van der Waals surface area contributed by atoms with Crippen LogP contribution in [0.15, 0.2) is 72.2 Å². The highest BCUT2D eigenvalue weighted by atomic mass is 16.3. The van der Waals surface area contributed by atoms with E-state index in [0.717, 1.165) is 37.5 Å². The molecule has 25 heavy (non-hydrogen) atoms. The molecule has 2 atom stereocenters. The van der Waals surface area contributed by atoms with Gasteiger partial charge in [0.15, 0.2) is 0 Å². The number of hydrogen-bond donors (Lipinski definition) is 1. The van der Waals surface area contributed by atoms with Crippen LogP contribution in [-0.2, 0) is 0 Å². The fourth-order valence-electron chi connectivity index (χ4n) is 3.79. The van der Waals surface area contributed by atoms with Gasteiger partial charge in [-0.1, -0.05) is 55.1 Å². The maximum absolute atomic E-state index is 10.1. The van der Waals surface area contributed by atoms with Gasteiger partial charge in [0.2, 0.25) is 0 Å². The van der Waals surface area contributed by atoms with E-state index in [1.54, 1.807) is 6.08 Å². The summed E-state index contributed by atoms with van der Waals surface area (Å²) in [4.78, 5) is 9.49. The normalized spacial score (nSPS) is 21.6. The predicted molar refractivity (Wildman–Crippen MR) is 102 cm³/mol. The molecule has 2 heterocycles. The molecule has 2 aromatic carbocycles. The molecule has 0 spiro atoms. The highest BCUT2D eigenvalue weighted by molar-refractivity contribution is 6.16. The highest BCUT2D eigenvalue weighted by Crippen LogP contribution is 2.30. The lowest BCUT2D eigenvalue weighted by atomic mass is 10.00. The van der Waals surface area contributed by atoms with Crippen molar-refractivity contribution in [3.8, 4) is 0 Å². The van der Waals surface area contributed by atoms with Gasteiger partial charge in [0.1, 0.15) is 6.23 Å². The molecule has 2 aliphatic rings. The molecule has 1 fully saturated rings. The van der Waals surface area contributed by atoms with Crippen LogP contribution in [0.5, 0.6) is 0 Å². The first kappa shape index (κ1) is 16.1. The molecule has 0 aromatic heterocycles. The summed E-state index contributed by atoms with van der Waals surface area (Å²) in [5.41, 5.74) is 4.63. The summed E-state index contributed by atoms with van der Waals surface area (Å²) in [5.74, 6) is 0. The van der Waals surface area contributed by atoms with Crippen molar-refractivity contribution in [3.63, 3.8) is 0 Å². The van der Waals surface area contributed by atoms with Crippen LogP contribution in [0.25, 0.3) is 0 Å². The fraction of sp³-hybridized carbons (Fsp3) is 0.286. The van der Waals surface area contributed by atoms with Crippen molar-refractivity contribution < 1.29 is 5.11 Å².